The molecule has 0 aliphatic rings. The minimum atomic E-state index is -0.117. The number of nitrogens with zero attached hydrogens (tertiary/aromatic N) is 1. The van der Waals surface area contributed by atoms with Gasteiger partial charge in [0.25, 0.3) is 5.56 Å². The van der Waals surface area contributed by atoms with Crippen LogP contribution < -0.4 is 10.9 Å². The van der Waals surface area contributed by atoms with Crippen LogP contribution in [0.5, 0.6) is 0 Å². The Morgan fingerprint density at radius 1 is 1.20 bits per heavy atom. The fraction of sp³-hybridized carbons (Fsp3) is 0.333. The minimum Gasteiger partial charge on any atom is -0.467 e. The molecule has 3 aromatic heterocycles. The highest BCUT2D eigenvalue weighted by Crippen LogP contribution is 2.30. The highest BCUT2D eigenvalue weighted by molar-refractivity contribution is 7.18. The highest BCUT2D eigenvalue weighted by Gasteiger charge is 2.19. The van der Waals surface area contributed by atoms with Crippen molar-refractivity contribution in [2.75, 3.05) is 0 Å². The number of nitrogens with one attached hydrogen (secondary N) is 2. The monoisotopic (exact) mass is 421 g/mol. The van der Waals surface area contributed by atoms with Crippen LogP contribution >= 0.6 is 11.3 Å². The third kappa shape index (κ3) is 4.25. The zero-order valence-electron chi connectivity index (χ0n) is 17.6. The number of rotatable bonds is 8. The first kappa shape index (κ1) is 20.6. The van der Waals surface area contributed by atoms with Crippen molar-refractivity contribution in [3.8, 4) is 0 Å². The van der Waals surface area contributed by atoms with Gasteiger partial charge in [0.05, 0.1) is 24.2 Å². The maximum atomic E-state index is 12.9. The van der Waals surface area contributed by atoms with Gasteiger partial charge in [-0.2, -0.15) is 0 Å². The Balaban J connectivity index is 1.61. The zero-order valence-corrected chi connectivity index (χ0v) is 18.4. The van der Waals surface area contributed by atoms with Gasteiger partial charge < -0.3 is 9.40 Å². The number of furan rings is 1. The lowest BCUT2D eigenvalue weighted by Crippen LogP contribution is -2.24. The van der Waals surface area contributed by atoms with Crippen molar-refractivity contribution in [1.29, 1.82) is 0 Å². The molecule has 0 aliphatic heterocycles. The Labute approximate surface area is 180 Å². The second-order valence-electron chi connectivity index (χ2n) is 7.79. The molecule has 0 fully saturated rings. The Kier molecular flexibility index (Phi) is 6.16. The van der Waals surface area contributed by atoms with E-state index in [0.717, 1.165) is 39.9 Å². The lowest BCUT2D eigenvalue weighted by molar-refractivity contribution is 0.442. The number of hydrogen-bond donors (Lipinski definition) is 2. The van der Waals surface area contributed by atoms with E-state index in [4.69, 9.17) is 9.40 Å². The van der Waals surface area contributed by atoms with Crippen molar-refractivity contribution in [3.63, 3.8) is 0 Å². The first-order chi connectivity index (χ1) is 14.6. The predicted molar refractivity (Wildman–Crippen MR) is 122 cm³/mol. The number of H-pyrrole nitrogens is 1. The summed E-state index contributed by atoms with van der Waals surface area (Å²) < 4.78 is 5.65. The molecule has 4 aromatic rings. The summed E-state index contributed by atoms with van der Waals surface area (Å²) in [4.78, 5) is 22.7. The Morgan fingerprint density at radius 3 is 2.70 bits per heavy atom. The molecule has 30 heavy (non-hydrogen) atoms. The van der Waals surface area contributed by atoms with E-state index in [0.29, 0.717) is 18.3 Å². The molecule has 0 saturated carbocycles. The van der Waals surface area contributed by atoms with E-state index in [2.05, 4.69) is 43.2 Å². The van der Waals surface area contributed by atoms with E-state index in [-0.39, 0.29) is 11.6 Å². The van der Waals surface area contributed by atoms with E-state index in [9.17, 15) is 4.79 Å². The van der Waals surface area contributed by atoms with Crippen LogP contribution in [0.4, 0.5) is 0 Å². The number of thiophene rings is 1. The molecule has 0 spiro atoms. The number of fused-ring (bicyclic) bond motifs is 1. The Morgan fingerprint density at radius 2 is 2.00 bits per heavy atom. The smallest absolute Gasteiger partial charge is 0.259 e. The predicted octanol–water partition coefficient (Wildman–Crippen LogP) is 5.35. The molecule has 0 radical (unpaired) electrons. The molecule has 0 aliphatic carbocycles. The lowest BCUT2D eigenvalue weighted by Gasteiger charge is -2.17. The average molecular weight is 422 g/mol. The van der Waals surface area contributed by atoms with Gasteiger partial charge in [-0.15, -0.1) is 11.3 Å². The zero-order chi connectivity index (χ0) is 21.1. The van der Waals surface area contributed by atoms with Crippen LogP contribution in [0.2, 0.25) is 0 Å². The summed E-state index contributed by atoms with van der Waals surface area (Å²) in [6, 6.07) is 13.8. The normalized spacial score (nSPS) is 13.6. The van der Waals surface area contributed by atoms with Gasteiger partial charge in [0, 0.05) is 4.88 Å². The van der Waals surface area contributed by atoms with Crippen LogP contribution in [0.25, 0.3) is 10.2 Å². The van der Waals surface area contributed by atoms with Crippen LogP contribution in [-0.2, 0) is 13.0 Å². The molecule has 0 amide bonds. The first-order valence-electron chi connectivity index (χ1n) is 10.4. The fourth-order valence-corrected chi connectivity index (χ4v) is 4.80. The van der Waals surface area contributed by atoms with E-state index in [1.54, 1.807) is 17.6 Å². The molecule has 6 heteroatoms. The van der Waals surface area contributed by atoms with Crippen molar-refractivity contribution in [2.24, 2.45) is 5.92 Å². The van der Waals surface area contributed by atoms with Gasteiger partial charge >= 0.3 is 0 Å². The summed E-state index contributed by atoms with van der Waals surface area (Å²) in [5.41, 5.74) is 2.20. The van der Waals surface area contributed by atoms with E-state index in [1.807, 2.05) is 30.3 Å². The number of aromatic nitrogens is 2. The van der Waals surface area contributed by atoms with Crippen molar-refractivity contribution in [1.82, 2.24) is 15.3 Å². The van der Waals surface area contributed by atoms with Crippen LogP contribution in [0, 0.1) is 12.8 Å². The molecule has 4 rings (SSSR count). The molecular formula is C24H27N3O2S. The molecule has 0 saturated heterocycles. The van der Waals surface area contributed by atoms with Gasteiger partial charge in [0.1, 0.15) is 16.4 Å². The van der Waals surface area contributed by atoms with Crippen molar-refractivity contribution in [3.05, 3.63) is 86.7 Å². The van der Waals surface area contributed by atoms with Crippen molar-refractivity contribution >= 4 is 21.6 Å². The first-order valence-corrected chi connectivity index (χ1v) is 11.2. The molecule has 156 valence electrons. The van der Waals surface area contributed by atoms with Gasteiger partial charge in [-0.25, -0.2) is 4.98 Å². The number of aryl methyl sites for hydroxylation is 1. The molecule has 1 aromatic carbocycles. The molecule has 0 bridgehead atoms. The van der Waals surface area contributed by atoms with E-state index < -0.39 is 0 Å². The lowest BCUT2D eigenvalue weighted by atomic mass is 9.98. The summed E-state index contributed by atoms with van der Waals surface area (Å²) in [5, 5.41) is 4.24. The summed E-state index contributed by atoms with van der Waals surface area (Å²) in [6.45, 7) is 6.93. The van der Waals surface area contributed by atoms with E-state index in [1.165, 1.54) is 4.88 Å². The van der Waals surface area contributed by atoms with Gasteiger partial charge in [-0.05, 0) is 42.5 Å². The third-order valence-electron chi connectivity index (χ3n) is 5.60. The maximum Gasteiger partial charge on any atom is 0.259 e. The number of benzene rings is 1. The van der Waals surface area contributed by atoms with Gasteiger partial charge in [0.15, 0.2) is 0 Å². The molecule has 5 nitrogen and oxygen atoms in total. The molecule has 2 atom stereocenters. The standard InChI is InChI=1S/C24H27N3O2S/c1-4-15(2)13-18-16(3)30-24-21(18)23(28)26-20(27-24)14-25-22(19-11-8-12-29-19)17-9-6-5-7-10-17/h5-12,15,22,25H,4,13-14H2,1-3H3,(H,26,27,28)/t15-,22-/m0/s1. The third-order valence-corrected chi connectivity index (χ3v) is 6.64. The summed E-state index contributed by atoms with van der Waals surface area (Å²) in [5.74, 6) is 2.01. The van der Waals surface area contributed by atoms with Crippen molar-refractivity contribution < 1.29 is 4.42 Å². The Bertz CT molecular complexity index is 1160. The topological polar surface area (TPSA) is 70.9 Å². The highest BCUT2D eigenvalue weighted by atomic mass is 32.1. The SMILES string of the molecule is CC[C@H](C)Cc1c(C)sc2nc(CN[C@@H](c3ccccc3)c3ccco3)[nH]c(=O)c12. The second kappa shape index (κ2) is 8.98. The van der Waals surface area contributed by atoms with Crippen LogP contribution in [0.15, 0.2) is 57.9 Å². The second-order valence-corrected chi connectivity index (χ2v) is 8.99. The number of hydrogen-bond acceptors (Lipinski definition) is 5. The summed E-state index contributed by atoms with van der Waals surface area (Å²) >= 11 is 1.61. The molecular weight excluding hydrogens is 394 g/mol. The van der Waals surface area contributed by atoms with Gasteiger partial charge in [-0.1, -0.05) is 50.6 Å². The quantitative estimate of drug-likeness (QED) is 0.402. The maximum absolute atomic E-state index is 12.9. The largest absolute Gasteiger partial charge is 0.467 e. The van der Waals surface area contributed by atoms with Gasteiger partial charge in [0.2, 0.25) is 0 Å². The fourth-order valence-electron chi connectivity index (χ4n) is 3.72. The van der Waals surface area contributed by atoms with Crippen LogP contribution in [0.3, 0.4) is 0 Å². The van der Waals surface area contributed by atoms with Crippen LogP contribution in [-0.4, -0.2) is 9.97 Å². The molecule has 2 N–H and O–H groups in total. The van der Waals surface area contributed by atoms with E-state index >= 15 is 0 Å². The average Bonchev–Trinajstić information content (AvgIpc) is 3.37. The van der Waals surface area contributed by atoms with Crippen molar-refractivity contribution in [2.45, 2.75) is 46.2 Å². The summed E-state index contributed by atoms with van der Waals surface area (Å²) in [6.07, 6.45) is 3.68. The van der Waals surface area contributed by atoms with Gasteiger partial charge in [-0.3, -0.25) is 10.1 Å². The molecule has 3 heterocycles. The number of aromatic amines is 1. The molecule has 0 unspecified atom stereocenters. The Hall–Kier alpha value is -2.70. The van der Waals surface area contributed by atoms with Crippen LogP contribution in [0.1, 0.15) is 53.9 Å². The summed E-state index contributed by atoms with van der Waals surface area (Å²) in [7, 11) is 0. The minimum absolute atomic E-state index is 0.0475.